The summed E-state index contributed by atoms with van der Waals surface area (Å²) in [6, 6.07) is 36.8. The molecule has 251 valence electrons. The molecule has 0 amide bonds. The molecule has 0 fully saturated rings. The van der Waals surface area contributed by atoms with Crippen molar-refractivity contribution in [2.24, 2.45) is 5.41 Å². The summed E-state index contributed by atoms with van der Waals surface area (Å²) in [5.74, 6) is -1.77. The summed E-state index contributed by atoms with van der Waals surface area (Å²) in [5, 5.41) is 3.64. The van der Waals surface area contributed by atoms with Crippen LogP contribution in [0.1, 0.15) is 29.1 Å². The Morgan fingerprint density at radius 3 is 2.24 bits per heavy atom. The van der Waals surface area contributed by atoms with E-state index in [0.29, 0.717) is 16.8 Å². The average Bonchev–Trinajstić information content (AvgIpc) is 3.47. The van der Waals surface area contributed by atoms with E-state index in [0.717, 1.165) is 28.1 Å². The fourth-order valence-electron chi connectivity index (χ4n) is 5.41. The molecule has 0 aliphatic rings. The van der Waals surface area contributed by atoms with Gasteiger partial charge in [-0.2, -0.15) is 11.3 Å². The summed E-state index contributed by atoms with van der Waals surface area (Å²) < 4.78 is 45.6. The fraction of sp³-hybridized carbons (Fsp3) is 0.190. The van der Waals surface area contributed by atoms with Gasteiger partial charge in [0.2, 0.25) is 0 Å². The molecule has 0 atom stereocenters. The number of aromatic nitrogens is 2. The zero-order valence-electron chi connectivity index (χ0n) is 30.3. The molecule has 0 saturated carbocycles. The first kappa shape index (κ1) is 33.6. The number of benzene rings is 4. The quantitative estimate of drug-likeness (QED) is 0.127. The van der Waals surface area contributed by atoms with Gasteiger partial charge in [-0.05, 0) is 61.7 Å². The molecule has 0 N–H and O–H groups in total. The molecule has 2 nitrogen and oxygen atoms in total. The number of nitrogens with zero attached hydrogens (tertiary/aromatic N) is 2. The average molecular weight is 863 g/mol. The van der Waals surface area contributed by atoms with E-state index in [2.05, 4.69) is 90.3 Å². The number of hydrogen-bond acceptors (Lipinski definition) is 3. The Hall–Kier alpha value is -3.87. The number of hydrogen-bond donors (Lipinski definition) is 0. The smallest absolute Gasteiger partial charge is 0.0795 e. The Kier molecular flexibility index (Phi) is 10.2. The molecule has 0 saturated heterocycles. The van der Waals surface area contributed by atoms with Crippen LogP contribution in [0.5, 0.6) is 0 Å². The van der Waals surface area contributed by atoms with Gasteiger partial charge >= 0.3 is 0 Å². The second-order valence-electron chi connectivity index (χ2n) is 13.8. The van der Waals surface area contributed by atoms with Crippen molar-refractivity contribution in [1.82, 2.24) is 9.97 Å². The van der Waals surface area contributed by atoms with Gasteiger partial charge in [0.15, 0.2) is 0 Å². The second kappa shape index (κ2) is 14.9. The molecule has 0 spiro atoms. The molecule has 7 aromatic rings. The molecule has 3 heterocycles. The first-order chi connectivity index (χ1) is 23.6. The van der Waals surface area contributed by atoms with Gasteiger partial charge < -0.3 is 9.97 Å². The number of pyridine rings is 2. The van der Waals surface area contributed by atoms with Gasteiger partial charge in [0.25, 0.3) is 0 Å². The molecule has 0 aliphatic carbocycles. The molecule has 1 radical (unpaired) electrons. The first-order valence-electron chi connectivity index (χ1n) is 16.9. The summed E-state index contributed by atoms with van der Waals surface area (Å²) in [5.41, 5.74) is 5.30. The summed E-state index contributed by atoms with van der Waals surface area (Å²) >= 11 is 1.75. The Bertz CT molecular complexity index is 2300. The fourth-order valence-corrected chi connectivity index (χ4v) is 7.69. The predicted molar refractivity (Wildman–Crippen MR) is 201 cm³/mol. The Morgan fingerprint density at radius 1 is 0.796 bits per heavy atom. The maximum absolute atomic E-state index is 13.1. The van der Waals surface area contributed by atoms with E-state index in [1.807, 2.05) is 57.3 Å². The zero-order chi connectivity index (χ0) is 35.8. The number of fused-ring (bicyclic) bond motifs is 3. The first-order valence-corrected chi connectivity index (χ1v) is 20.2. The van der Waals surface area contributed by atoms with E-state index in [-0.39, 0.29) is 20.1 Å². The van der Waals surface area contributed by atoms with Crippen molar-refractivity contribution in [2.45, 2.75) is 46.8 Å². The topological polar surface area (TPSA) is 25.8 Å². The standard InChI is InChI=1S/C28H24NS.C14H14F2NSi.Ir/c1-28(2,3)18-19-14-15-29-25(16-19)24-11-7-10-23-22-13-12-21(17-26(22)30-27(23)24)20-8-5-4-6-9-20;1-18(2,3)11-5-7-14(17-9-11)10-4-6-12(15)13(16)8-10;/h4-10,12-17H,18H2,1-3H3;5-9H,1-3H3;/q2*-1;/i18D2;;. The third-order valence-electron chi connectivity index (χ3n) is 7.83. The van der Waals surface area contributed by atoms with Crippen LogP contribution in [0.25, 0.3) is 53.8 Å². The van der Waals surface area contributed by atoms with Gasteiger partial charge in [-0.25, -0.2) is 4.39 Å². The summed E-state index contributed by atoms with van der Waals surface area (Å²) in [6.45, 7) is 12.5. The third kappa shape index (κ3) is 8.65. The third-order valence-corrected chi connectivity index (χ3v) is 11.0. The van der Waals surface area contributed by atoms with Crippen LogP contribution in [0.3, 0.4) is 0 Å². The van der Waals surface area contributed by atoms with Crippen LogP contribution < -0.4 is 5.19 Å². The second-order valence-corrected chi connectivity index (χ2v) is 19.9. The van der Waals surface area contributed by atoms with Gasteiger partial charge in [0.05, 0.1) is 19.7 Å². The molecular weight excluding hydrogens is 823 g/mol. The van der Waals surface area contributed by atoms with E-state index >= 15 is 0 Å². The maximum Gasteiger partial charge on any atom is 0.0795 e. The van der Waals surface area contributed by atoms with E-state index in [1.54, 1.807) is 23.6 Å². The summed E-state index contributed by atoms with van der Waals surface area (Å²) in [4.78, 5) is 8.90. The van der Waals surface area contributed by atoms with Gasteiger partial charge in [-0.3, -0.25) is 4.39 Å². The van der Waals surface area contributed by atoms with Crippen LogP contribution in [0, 0.1) is 29.2 Å². The van der Waals surface area contributed by atoms with Crippen molar-refractivity contribution >= 4 is 44.8 Å². The molecule has 0 bridgehead atoms. The Morgan fingerprint density at radius 2 is 1.57 bits per heavy atom. The number of thiophene rings is 1. The van der Waals surface area contributed by atoms with Crippen molar-refractivity contribution < 1.29 is 31.6 Å². The van der Waals surface area contributed by atoms with E-state index < -0.39 is 31.5 Å². The minimum atomic E-state index is -1.47. The van der Waals surface area contributed by atoms with Crippen molar-refractivity contribution in [3.8, 4) is 33.6 Å². The molecule has 3 aromatic heterocycles. The van der Waals surface area contributed by atoms with Gasteiger partial charge in [0, 0.05) is 39.9 Å². The van der Waals surface area contributed by atoms with E-state index in [4.69, 9.17) is 2.74 Å². The van der Waals surface area contributed by atoms with Crippen LogP contribution in [-0.2, 0) is 26.5 Å². The Balaban J connectivity index is 0.000000226. The largest absolute Gasteiger partial charge is 0.305 e. The van der Waals surface area contributed by atoms with Gasteiger partial charge in [-0.1, -0.05) is 112 Å². The van der Waals surface area contributed by atoms with Crippen LogP contribution in [-0.4, -0.2) is 18.0 Å². The Labute approximate surface area is 309 Å². The maximum atomic E-state index is 13.1. The minimum absolute atomic E-state index is 0. The van der Waals surface area contributed by atoms with Crippen molar-refractivity contribution in [2.75, 3.05) is 0 Å². The van der Waals surface area contributed by atoms with Crippen LogP contribution in [0.15, 0.2) is 109 Å². The SMILES string of the molecule is C[Si](C)(C)c1ccc(-c2[c-]cc(F)c(F)c2)nc1.[2H]C([2H])(c1ccnc(-c2[c-]ccc3c2sc2cc(-c4ccccc4)ccc23)c1)C(C)(C)C.[Ir]. The molecule has 49 heavy (non-hydrogen) atoms. The minimum Gasteiger partial charge on any atom is -0.305 e. The number of rotatable bonds is 5. The summed E-state index contributed by atoms with van der Waals surface area (Å²) in [6.07, 6.45) is 2.06. The molecule has 0 aliphatic heterocycles. The molecule has 0 unspecified atom stereocenters. The van der Waals surface area contributed by atoms with Crippen molar-refractivity contribution in [1.29, 1.82) is 0 Å². The van der Waals surface area contributed by atoms with E-state index in [1.165, 1.54) is 31.8 Å². The monoisotopic (exact) mass is 863 g/mol. The number of halogens is 2. The zero-order valence-corrected chi connectivity index (χ0v) is 32.5. The van der Waals surface area contributed by atoms with Crippen molar-refractivity contribution in [3.63, 3.8) is 0 Å². The van der Waals surface area contributed by atoms with Gasteiger partial charge in [0.1, 0.15) is 0 Å². The van der Waals surface area contributed by atoms with Gasteiger partial charge in [-0.15, -0.1) is 47.5 Å². The molecular formula is C42H38F2IrN2SSi-2. The predicted octanol–water partition coefficient (Wildman–Crippen LogP) is 11.5. The van der Waals surface area contributed by atoms with Crippen molar-refractivity contribution in [3.05, 3.63) is 139 Å². The molecule has 4 aromatic carbocycles. The van der Waals surface area contributed by atoms with Crippen LogP contribution in [0.4, 0.5) is 8.78 Å². The van der Waals surface area contributed by atoms with E-state index in [9.17, 15) is 8.78 Å². The normalized spacial score (nSPS) is 12.5. The van der Waals surface area contributed by atoms with Crippen LogP contribution in [0.2, 0.25) is 19.6 Å². The van der Waals surface area contributed by atoms with Crippen LogP contribution >= 0.6 is 11.3 Å². The molecule has 7 heteroatoms. The molecule has 7 rings (SSSR count). The summed E-state index contributed by atoms with van der Waals surface area (Å²) in [7, 11) is -1.38.